The van der Waals surface area contributed by atoms with Crippen LogP contribution in [0.25, 0.3) is 11.2 Å². The van der Waals surface area contributed by atoms with Gasteiger partial charge in [0.15, 0.2) is 29.3 Å². The number of imidazole rings is 1. The molecule has 0 spiro atoms. The molecule has 0 saturated carbocycles. The highest BCUT2D eigenvalue weighted by Crippen LogP contribution is 2.31. The number of fused-ring (bicyclic) bond motifs is 1. The second kappa shape index (κ2) is 8.30. The first-order valence-corrected chi connectivity index (χ1v) is 9.46. The molecular weight excluding hydrogens is 393 g/mol. The molecule has 0 unspecified atom stereocenters. The Morgan fingerprint density at radius 2 is 2.07 bits per heavy atom. The number of benzene rings is 1. The van der Waals surface area contributed by atoms with Gasteiger partial charge in [-0.15, -0.1) is 0 Å². The van der Waals surface area contributed by atoms with Crippen molar-refractivity contribution in [2.24, 2.45) is 5.73 Å². The number of carbonyl (C=O) groups excluding carboxylic acids is 1. The van der Waals surface area contributed by atoms with Gasteiger partial charge in [0.25, 0.3) is 5.91 Å². The number of nitrogens with one attached hydrogen (secondary N) is 2. The first-order valence-electron chi connectivity index (χ1n) is 9.46. The van der Waals surface area contributed by atoms with Crippen molar-refractivity contribution in [1.29, 1.82) is 0 Å². The summed E-state index contributed by atoms with van der Waals surface area (Å²) in [6.07, 6.45) is 0.501. The molecule has 1 amide bonds. The highest BCUT2D eigenvalue weighted by molar-refractivity contribution is 5.83. The number of amides is 1. The summed E-state index contributed by atoms with van der Waals surface area (Å²) in [6, 6.07) is 5.41. The van der Waals surface area contributed by atoms with Crippen molar-refractivity contribution in [3.05, 3.63) is 48.3 Å². The van der Waals surface area contributed by atoms with E-state index in [4.69, 9.17) is 10.5 Å². The smallest absolute Gasteiger partial charge is 0.250 e. The quantitative estimate of drug-likeness (QED) is 0.439. The van der Waals surface area contributed by atoms with Gasteiger partial charge in [0, 0.05) is 13.6 Å². The maximum absolute atomic E-state index is 13.0. The van der Waals surface area contributed by atoms with Crippen LogP contribution in [-0.4, -0.2) is 62.4 Å². The van der Waals surface area contributed by atoms with Gasteiger partial charge in [0.05, 0.1) is 12.4 Å². The van der Waals surface area contributed by atoms with E-state index in [1.807, 2.05) is 0 Å². The molecule has 1 saturated heterocycles. The van der Waals surface area contributed by atoms with Crippen molar-refractivity contribution in [1.82, 2.24) is 24.8 Å². The standard InChI is InChI=1S/C19H22FN7O3/c1-22-18(29)15-12(21)14(28)19(30-15)27-9-26-13-16(24-8-25-17(13)27)23-7-6-10-2-4-11(20)5-3-10/h2-5,8-9,12,14-15,19,28H,6-7,21H2,1H3,(H,22,29)(H,23,24,25)/t12-,14+,15-,19+/m0/s1. The lowest BCUT2D eigenvalue weighted by Crippen LogP contribution is -2.46. The number of aliphatic hydroxyl groups is 1. The molecule has 0 radical (unpaired) electrons. The summed E-state index contributed by atoms with van der Waals surface area (Å²) in [4.78, 5) is 24.8. The number of aromatic nitrogens is 4. The zero-order valence-electron chi connectivity index (χ0n) is 16.2. The van der Waals surface area contributed by atoms with Crippen LogP contribution in [0.4, 0.5) is 10.2 Å². The van der Waals surface area contributed by atoms with E-state index in [-0.39, 0.29) is 5.82 Å². The lowest BCUT2D eigenvalue weighted by Gasteiger charge is -2.16. The summed E-state index contributed by atoms with van der Waals surface area (Å²) in [5.74, 6) is -0.170. The highest BCUT2D eigenvalue weighted by Gasteiger charge is 2.46. The second-order valence-corrected chi connectivity index (χ2v) is 6.98. The lowest BCUT2D eigenvalue weighted by molar-refractivity contribution is -0.134. The molecule has 10 nitrogen and oxygen atoms in total. The first-order chi connectivity index (χ1) is 14.5. The SMILES string of the molecule is CNC(=O)[C@H]1O[C@@H](n2cnc3c(NCCc4ccc(F)cc4)ncnc32)[C@H](O)[C@@H]1N. The predicted octanol–water partition coefficient (Wildman–Crippen LogP) is -0.0484. The van der Waals surface area contributed by atoms with Gasteiger partial charge in [-0.3, -0.25) is 9.36 Å². The van der Waals surface area contributed by atoms with Gasteiger partial charge in [0.2, 0.25) is 0 Å². The molecule has 3 heterocycles. The molecule has 0 aliphatic carbocycles. The van der Waals surface area contributed by atoms with Gasteiger partial charge in [-0.2, -0.15) is 0 Å². The molecule has 30 heavy (non-hydrogen) atoms. The van der Waals surface area contributed by atoms with E-state index in [1.54, 1.807) is 12.1 Å². The molecule has 4 rings (SSSR count). The van der Waals surface area contributed by atoms with E-state index in [2.05, 4.69) is 25.6 Å². The molecule has 2 aromatic heterocycles. The Labute approximate surface area is 171 Å². The summed E-state index contributed by atoms with van der Waals surface area (Å²) in [6.45, 7) is 0.552. The highest BCUT2D eigenvalue weighted by atomic mass is 19.1. The van der Waals surface area contributed by atoms with Crippen LogP contribution < -0.4 is 16.4 Å². The van der Waals surface area contributed by atoms with Gasteiger partial charge >= 0.3 is 0 Å². The van der Waals surface area contributed by atoms with Gasteiger partial charge in [-0.25, -0.2) is 19.3 Å². The molecule has 4 atom stereocenters. The van der Waals surface area contributed by atoms with Crippen molar-refractivity contribution in [2.75, 3.05) is 18.9 Å². The fourth-order valence-corrected chi connectivity index (χ4v) is 3.44. The maximum Gasteiger partial charge on any atom is 0.250 e. The third-order valence-electron chi connectivity index (χ3n) is 5.08. The Balaban J connectivity index is 1.52. The van der Waals surface area contributed by atoms with Crippen molar-refractivity contribution < 1.29 is 19.0 Å². The maximum atomic E-state index is 13.0. The number of anilines is 1. The molecule has 5 N–H and O–H groups in total. The van der Waals surface area contributed by atoms with Crippen molar-refractivity contribution >= 4 is 22.9 Å². The summed E-state index contributed by atoms with van der Waals surface area (Å²) in [5.41, 5.74) is 7.87. The van der Waals surface area contributed by atoms with Gasteiger partial charge in [0.1, 0.15) is 18.2 Å². The number of aliphatic hydroxyl groups excluding tert-OH is 1. The lowest BCUT2D eigenvalue weighted by atomic mass is 10.1. The van der Waals surface area contributed by atoms with Crippen LogP contribution in [0.5, 0.6) is 0 Å². The number of ether oxygens (including phenoxy) is 1. The number of rotatable bonds is 6. The fraction of sp³-hybridized carbons (Fsp3) is 0.368. The van der Waals surface area contributed by atoms with E-state index in [1.165, 1.54) is 36.4 Å². The number of halogens is 1. The Hall–Kier alpha value is -3.15. The van der Waals surface area contributed by atoms with Crippen molar-refractivity contribution in [3.8, 4) is 0 Å². The minimum atomic E-state index is -1.12. The monoisotopic (exact) mass is 415 g/mol. The summed E-state index contributed by atoms with van der Waals surface area (Å²) >= 11 is 0. The topological polar surface area (TPSA) is 140 Å². The number of nitrogens with two attached hydrogens (primary N) is 1. The molecule has 1 fully saturated rings. The van der Waals surface area contributed by atoms with Crippen molar-refractivity contribution in [2.45, 2.75) is 30.9 Å². The van der Waals surface area contributed by atoms with Crippen LogP contribution in [0.2, 0.25) is 0 Å². The number of hydrogen-bond acceptors (Lipinski definition) is 8. The second-order valence-electron chi connectivity index (χ2n) is 6.98. The van der Waals surface area contributed by atoms with Crippen LogP contribution in [0, 0.1) is 5.82 Å². The Morgan fingerprint density at radius 1 is 1.30 bits per heavy atom. The molecule has 1 aliphatic rings. The number of carbonyl (C=O) groups is 1. The average molecular weight is 415 g/mol. The van der Waals surface area contributed by atoms with Crippen LogP contribution in [-0.2, 0) is 16.0 Å². The largest absolute Gasteiger partial charge is 0.387 e. The summed E-state index contributed by atoms with van der Waals surface area (Å²) < 4.78 is 20.3. The Kier molecular flexibility index (Phi) is 5.57. The minimum Gasteiger partial charge on any atom is -0.387 e. The van der Waals surface area contributed by atoms with E-state index >= 15 is 0 Å². The molecule has 3 aromatic rings. The van der Waals surface area contributed by atoms with E-state index in [9.17, 15) is 14.3 Å². The number of likely N-dealkylation sites (N-methyl/N-ethyl adjacent to an activating group) is 1. The van der Waals surface area contributed by atoms with Crippen LogP contribution in [0.1, 0.15) is 11.8 Å². The molecule has 1 aromatic carbocycles. The van der Waals surface area contributed by atoms with Crippen molar-refractivity contribution in [3.63, 3.8) is 0 Å². The summed E-state index contributed by atoms with van der Waals surface area (Å²) in [5, 5.41) is 16.2. The molecule has 1 aliphatic heterocycles. The molecule has 0 bridgehead atoms. The van der Waals surface area contributed by atoms with Gasteiger partial charge in [-0.05, 0) is 24.1 Å². The van der Waals surface area contributed by atoms with Gasteiger partial charge < -0.3 is 26.2 Å². The molecule has 158 valence electrons. The first kappa shape index (κ1) is 20.1. The molecular formula is C19H22FN7O3. The molecule has 11 heteroatoms. The van der Waals surface area contributed by atoms with Crippen LogP contribution in [0.3, 0.4) is 0 Å². The van der Waals surface area contributed by atoms with Crippen LogP contribution >= 0.6 is 0 Å². The average Bonchev–Trinajstić information content (AvgIpc) is 3.31. The predicted molar refractivity (Wildman–Crippen MR) is 106 cm³/mol. The third-order valence-corrected chi connectivity index (χ3v) is 5.08. The van der Waals surface area contributed by atoms with E-state index in [0.29, 0.717) is 29.9 Å². The third kappa shape index (κ3) is 3.70. The van der Waals surface area contributed by atoms with Crippen LogP contribution in [0.15, 0.2) is 36.9 Å². The van der Waals surface area contributed by atoms with E-state index < -0.39 is 30.4 Å². The van der Waals surface area contributed by atoms with E-state index in [0.717, 1.165) is 5.56 Å². The normalized spacial score (nSPS) is 23.6. The Morgan fingerprint density at radius 3 is 2.80 bits per heavy atom. The number of nitrogens with zero attached hydrogens (tertiary/aromatic N) is 4. The Bertz CT molecular complexity index is 1040. The zero-order chi connectivity index (χ0) is 21.3. The summed E-state index contributed by atoms with van der Waals surface area (Å²) in [7, 11) is 1.47. The van der Waals surface area contributed by atoms with Gasteiger partial charge in [-0.1, -0.05) is 12.1 Å². The fourth-order valence-electron chi connectivity index (χ4n) is 3.44. The minimum absolute atomic E-state index is 0.274. The number of hydrogen-bond donors (Lipinski definition) is 4. The zero-order valence-corrected chi connectivity index (χ0v) is 16.2.